The minimum Gasteiger partial charge on any atom is -0.0955 e. The van der Waals surface area contributed by atoms with Crippen LogP contribution >= 0.6 is 0 Å². The van der Waals surface area contributed by atoms with Crippen molar-refractivity contribution in [2.45, 2.75) is 67.7 Å². The first-order valence-electron chi connectivity index (χ1n) is 15.1. The third-order valence-corrected chi connectivity index (χ3v) is 11.2. The number of fused-ring (bicyclic) bond motifs is 3. The van der Waals surface area contributed by atoms with Gasteiger partial charge in [-0.2, -0.15) is 0 Å². The van der Waals surface area contributed by atoms with E-state index in [0.717, 1.165) is 24.8 Å². The average molecular weight is 537 g/mol. The highest BCUT2D eigenvalue weighted by molar-refractivity contribution is 5.93. The van der Waals surface area contributed by atoms with Crippen LogP contribution in [0, 0.1) is 23.2 Å². The van der Waals surface area contributed by atoms with E-state index in [1.165, 1.54) is 72.4 Å². The van der Waals surface area contributed by atoms with Crippen molar-refractivity contribution in [3.63, 3.8) is 0 Å². The van der Waals surface area contributed by atoms with Crippen LogP contribution < -0.4 is 0 Å². The standard InChI is InChI=1S/C41H44/c1-25(2)36-26(3)22-40(9)24-39(8)23-35-34(32-19-15-12-16-20-32)21-33(31-17-13-11-14-18-31)27(4)37(35)28(5)38(39)30(7)41(40,10)29(36)6/h11-21H,1,5-6,22-24H2,2-4,7-10H3/t39-,40+,41-/m1/s1. The number of rotatable bonds is 3. The van der Waals surface area contributed by atoms with Gasteiger partial charge in [0.2, 0.25) is 0 Å². The van der Waals surface area contributed by atoms with E-state index in [1.807, 2.05) is 0 Å². The van der Waals surface area contributed by atoms with E-state index in [4.69, 9.17) is 13.2 Å². The molecule has 0 saturated heterocycles. The molecule has 0 spiro atoms. The molecular weight excluding hydrogens is 492 g/mol. The molecule has 6 rings (SSSR count). The van der Waals surface area contributed by atoms with Crippen LogP contribution in [0.1, 0.15) is 71.1 Å². The molecule has 0 radical (unpaired) electrons. The summed E-state index contributed by atoms with van der Waals surface area (Å²) in [4.78, 5) is 0. The lowest BCUT2D eigenvalue weighted by Crippen LogP contribution is -2.52. The van der Waals surface area contributed by atoms with Crippen LogP contribution in [0.5, 0.6) is 0 Å². The Balaban J connectivity index is 1.65. The smallest absolute Gasteiger partial charge is 0.0194 e. The van der Waals surface area contributed by atoms with Crippen molar-refractivity contribution in [1.82, 2.24) is 0 Å². The first-order chi connectivity index (χ1) is 19.3. The van der Waals surface area contributed by atoms with Gasteiger partial charge in [0, 0.05) is 5.41 Å². The van der Waals surface area contributed by atoms with Crippen LogP contribution in [0.2, 0.25) is 0 Å². The Bertz CT molecular complexity index is 1710. The molecule has 3 atom stereocenters. The van der Waals surface area contributed by atoms with Gasteiger partial charge in [-0.15, -0.1) is 0 Å². The van der Waals surface area contributed by atoms with E-state index in [-0.39, 0.29) is 16.2 Å². The fraction of sp³-hybridized carbons (Fsp3) is 0.317. The molecule has 3 aromatic carbocycles. The fourth-order valence-electron chi connectivity index (χ4n) is 9.39. The summed E-state index contributed by atoms with van der Waals surface area (Å²) in [6, 6.07) is 24.2. The Morgan fingerprint density at radius 1 is 0.780 bits per heavy atom. The molecule has 0 aliphatic heterocycles. The summed E-state index contributed by atoms with van der Waals surface area (Å²) >= 11 is 0. The summed E-state index contributed by atoms with van der Waals surface area (Å²) in [5, 5.41) is 0. The van der Waals surface area contributed by atoms with Crippen molar-refractivity contribution >= 4 is 5.57 Å². The lowest BCUT2D eigenvalue weighted by atomic mass is 9.41. The second-order valence-electron chi connectivity index (χ2n) is 13.9. The van der Waals surface area contributed by atoms with Crippen LogP contribution in [0.3, 0.4) is 0 Å². The van der Waals surface area contributed by atoms with E-state index in [9.17, 15) is 0 Å². The van der Waals surface area contributed by atoms with E-state index in [1.54, 1.807) is 0 Å². The lowest BCUT2D eigenvalue weighted by Gasteiger charge is -2.62. The SMILES string of the molecule is C=C(C)C1=C(C)C[C@@]2(C)C[C@@]3(C)Cc4c(-c5ccccc5)cc(-c5ccccc5)c(C)c4C(=C)C3=C(C)[C@@]2(C)C1=C. The Morgan fingerprint density at radius 2 is 1.34 bits per heavy atom. The quantitative estimate of drug-likeness (QED) is 0.312. The Labute approximate surface area is 247 Å². The van der Waals surface area contributed by atoms with E-state index >= 15 is 0 Å². The molecule has 0 saturated carbocycles. The summed E-state index contributed by atoms with van der Waals surface area (Å²) in [7, 11) is 0. The second kappa shape index (κ2) is 9.18. The van der Waals surface area contributed by atoms with Gasteiger partial charge in [0.05, 0.1) is 0 Å². The third-order valence-electron chi connectivity index (χ3n) is 11.2. The molecule has 208 valence electrons. The van der Waals surface area contributed by atoms with Gasteiger partial charge in [0.25, 0.3) is 0 Å². The third kappa shape index (κ3) is 3.72. The highest BCUT2D eigenvalue weighted by Gasteiger charge is 2.59. The Hall–Kier alpha value is -3.64. The summed E-state index contributed by atoms with van der Waals surface area (Å²) < 4.78 is 0. The van der Waals surface area contributed by atoms with Crippen LogP contribution in [0.25, 0.3) is 27.8 Å². The number of hydrogen-bond acceptors (Lipinski definition) is 0. The molecule has 0 bridgehead atoms. The molecule has 0 nitrogen and oxygen atoms in total. The molecule has 3 aliphatic rings. The van der Waals surface area contributed by atoms with Gasteiger partial charge in [-0.05, 0) is 125 Å². The Kier molecular flexibility index (Phi) is 6.17. The largest absolute Gasteiger partial charge is 0.0955 e. The predicted molar refractivity (Wildman–Crippen MR) is 178 cm³/mol. The summed E-state index contributed by atoms with van der Waals surface area (Å²) in [6.45, 7) is 30.7. The summed E-state index contributed by atoms with van der Waals surface area (Å²) in [5.41, 5.74) is 18.4. The Morgan fingerprint density at radius 3 is 1.90 bits per heavy atom. The first kappa shape index (κ1) is 27.5. The van der Waals surface area contributed by atoms with Crippen molar-refractivity contribution in [1.29, 1.82) is 0 Å². The zero-order valence-corrected chi connectivity index (χ0v) is 26.1. The molecule has 41 heavy (non-hydrogen) atoms. The van der Waals surface area contributed by atoms with Crippen molar-refractivity contribution in [2.75, 3.05) is 0 Å². The minimum atomic E-state index is -0.150. The van der Waals surface area contributed by atoms with Crippen molar-refractivity contribution in [3.8, 4) is 22.3 Å². The fourth-order valence-corrected chi connectivity index (χ4v) is 9.39. The van der Waals surface area contributed by atoms with Gasteiger partial charge in [-0.25, -0.2) is 0 Å². The van der Waals surface area contributed by atoms with Gasteiger partial charge in [0.15, 0.2) is 0 Å². The normalized spacial score (nSPS) is 27.4. The van der Waals surface area contributed by atoms with Gasteiger partial charge in [-0.1, -0.05) is 118 Å². The molecule has 0 heteroatoms. The van der Waals surface area contributed by atoms with Crippen molar-refractivity contribution in [3.05, 3.63) is 137 Å². The average Bonchev–Trinajstić information content (AvgIpc) is 2.91. The predicted octanol–water partition coefficient (Wildman–Crippen LogP) is 11.5. The maximum Gasteiger partial charge on any atom is 0.0194 e. The molecule has 3 aliphatic carbocycles. The zero-order chi connectivity index (χ0) is 29.5. The minimum absolute atomic E-state index is 0.00600. The van der Waals surface area contributed by atoms with Gasteiger partial charge < -0.3 is 0 Å². The molecule has 0 unspecified atom stereocenters. The van der Waals surface area contributed by atoms with Crippen LogP contribution in [0.4, 0.5) is 0 Å². The topological polar surface area (TPSA) is 0 Å². The molecule has 3 aromatic rings. The van der Waals surface area contributed by atoms with Gasteiger partial charge in [0.1, 0.15) is 0 Å². The molecule has 0 aromatic heterocycles. The molecule has 0 fully saturated rings. The lowest BCUT2D eigenvalue weighted by molar-refractivity contribution is 0.0544. The van der Waals surface area contributed by atoms with Crippen molar-refractivity contribution < 1.29 is 0 Å². The van der Waals surface area contributed by atoms with E-state index in [0.29, 0.717) is 0 Å². The van der Waals surface area contributed by atoms with E-state index < -0.39 is 0 Å². The zero-order valence-electron chi connectivity index (χ0n) is 26.1. The number of allylic oxidation sites excluding steroid dienone is 7. The number of hydrogen-bond donors (Lipinski definition) is 0. The monoisotopic (exact) mass is 536 g/mol. The molecular formula is C41H44. The van der Waals surface area contributed by atoms with Crippen LogP contribution in [-0.4, -0.2) is 0 Å². The van der Waals surface area contributed by atoms with Gasteiger partial charge in [-0.3, -0.25) is 0 Å². The molecule has 0 amide bonds. The van der Waals surface area contributed by atoms with Gasteiger partial charge >= 0.3 is 0 Å². The highest BCUT2D eigenvalue weighted by atomic mass is 14.6. The highest BCUT2D eigenvalue weighted by Crippen LogP contribution is 2.70. The summed E-state index contributed by atoms with van der Waals surface area (Å²) in [6.07, 6.45) is 3.19. The maximum absolute atomic E-state index is 4.93. The second-order valence-corrected chi connectivity index (χ2v) is 13.9. The molecule has 0 N–H and O–H groups in total. The van der Waals surface area contributed by atoms with Crippen LogP contribution in [-0.2, 0) is 6.42 Å². The number of benzene rings is 3. The summed E-state index contributed by atoms with van der Waals surface area (Å²) in [5.74, 6) is 0. The first-order valence-corrected chi connectivity index (χ1v) is 15.1. The van der Waals surface area contributed by atoms with Crippen molar-refractivity contribution in [2.24, 2.45) is 16.2 Å². The maximum atomic E-state index is 4.93. The molecule has 0 heterocycles. The van der Waals surface area contributed by atoms with Crippen LogP contribution in [0.15, 0.2) is 120 Å². The van der Waals surface area contributed by atoms with E-state index in [2.05, 4.69) is 122 Å².